The minimum absolute atomic E-state index is 0.159. The van der Waals surface area contributed by atoms with Crippen molar-refractivity contribution in [2.24, 2.45) is 5.92 Å². The van der Waals surface area contributed by atoms with Gasteiger partial charge in [0.1, 0.15) is 5.75 Å². The van der Waals surface area contributed by atoms with Crippen molar-refractivity contribution in [2.45, 2.75) is 20.5 Å². The zero-order chi connectivity index (χ0) is 13.4. The van der Waals surface area contributed by atoms with Gasteiger partial charge in [0.2, 0.25) is 0 Å². The van der Waals surface area contributed by atoms with Crippen LogP contribution in [-0.4, -0.2) is 26.4 Å². The number of ether oxygens (including phenoxy) is 2. The summed E-state index contributed by atoms with van der Waals surface area (Å²) in [5.41, 5.74) is 0.852. The third-order valence-corrected chi connectivity index (χ3v) is 2.11. The second-order valence-electron chi connectivity index (χ2n) is 4.30. The van der Waals surface area contributed by atoms with Crippen LogP contribution < -0.4 is 10.1 Å². The van der Waals surface area contributed by atoms with Gasteiger partial charge in [-0.2, -0.15) is 8.78 Å². The summed E-state index contributed by atoms with van der Waals surface area (Å²) in [4.78, 5) is 0. The third-order valence-electron chi connectivity index (χ3n) is 2.11. The fraction of sp³-hybridized carbons (Fsp3) is 0.538. The van der Waals surface area contributed by atoms with Gasteiger partial charge in [0.05, 0.1) is 6.61 Å². The lowest BCUT2D eigenvalue weighted by Crippen LogP contribution is -2.12. The molecule has 0 bridgehead atoms. The molecule has 3 nitrogen and oxygen atoms in total. The van der Waals surface area contributed by atoms with Gasteiger partial charge in [-0.1, -0.05) is 13.8 Å². The monoisotopic (exact) mass is 259 g/mol. The molecule has 0 saturated carbocycles. The summed E-state index contributed by atoms with van der Waals surface area (Å²) in [5.74, 6) is 0.683. The van der Waals surface area contributed by atoms with Crippen molar-refractivity contribution in [2.75, 3.05) is 25.1 Å². The van der Waals surface area contributed by atoms with Crippen LogP contribution >= 0.6 is 0 Å². The molecule has 0 aliphatic rings. The Morgan fingerprint density at radius 1 is 1.17 bits per heavy atom. The SMILES string of the molecule is CC(C)COCCNc1ccc(OC(F)F)cc1. The molecule has 0 heterocycles. The Hall–Kier alpha value is -1.36. The fourth-order valence-electron chi connectivity index (χ4n) is 1.34. The number of halogens is 2. The fourth-order valence-corrected chi connectivity index (χ4v) is 1.34. The molecule has 0 radical (unpaired) electrons. The number of rotatable bonds is 8. The van der Waals surface area contributed by atoms with E-state index in [9.17, 15) is 8.78 Å². The molecule has 0 aromatic heterocycles. The number of anilines is 1. The van der Waals surface area contributed by atoms with Gasteiger partial charge in [-0.15, -0.1) is 0 Å². The van der Waals surface area contributed by atoms with Gasteiger partial charge in [-0.3, -0.25) is 0 Å². The van der Waals surface area contributed by atoms with Crippen molar-refractivity contribution in [1.29, 1.82) is 0 Å². The molecule has 0 fully saturated rings. The van der Waals surface area contributed by atoms with Gasteiger partial charge < -0.3 is 14.8 Å². The van der Waals surface area contributed by atoms with Crippen LogP contribution in [0.4, 0.5) is 14.5 Å². The Labute approximate surface area is 106 Å². The van der Waals surface area contributed by atoms with E-state index in [0.717, 1.165) is 12.3 Å². The van der Waals surface area contributed by atoms with Crippen molar-refractivity contribution in [1.82, 2.24) is 0 Å². The van der Waals surface area contributed by atoms with Crippen molar-refractivity contribution >= 4 is 5.69 Å². The maximum absolute atomic E-state index is 11.9. The largest absolute Gasteiger partial charge is 0.435 e. The van der Waals surface area contributed by atoms with Gasteiger partial charge in [0.25, 0.3) is 0 Å². The van der Waals surface area contributed by atoms with Gasteiger partial charge in [-0.25, -0.2) is 0 Å². The minimum Gasteiger partial charge on any atom is -0.435 e. The zero-order valence-corrected chi connectivity index (χ0v) is 10.7. The first-order chi connectivity index (χ1) is 8.58. The van der Waals surface area contributed by atoms with Gasteiger partial charge in [0.15, 0.2) is 0 Å². The predicted octanol–water partition coefficient (Wildman–Crippen LogP) is 3.37. The topological polar surface area (TPSA) is 30.5 Å². The Morgan fingerprint density at radius 3 is 2.39 bits per heavy atom. The molecular weight excluding hydrogens is 240 g/mol. The van der Waals surface area contributed by atoms with Crippen LogP contribution in [0.5, 0.6) is 5.75 Å². The average Bonchev–Trinajstić information content (AvgIpc) is 2.30. The second kappa shape index (κ2) is 7.87. The molecule has 1 aromatic carbocycles. The van der Waals surface area contributed by atoms with E-state index in [1.807, 2.05) is 0 Å². The Kier molecular flexibility index (Phi) is 6.43. The van der Waals surface area contributed by atoms with E-state index in [4.69, 9.17) is 4.74 Å². The molecule has 0 amide bonds. The first-order valence-corrected chi connectivity index (χ1v) is 5.94. The third kappa shape index (κ3) is 6.39. The summed E-state index contributed by atoms with van der Waals surface area (Å²) in [5, 5.41) is 3.13. The maximum atomic E-state index is 11.9. The maximum Gasteiger partial charge on any atom is 0.387 e. The van der Waals surface area contributed by atoms with Crippen LogP contribution in [0.25, 0.3) is 0 Å². The van der Waals surface area contributed by atoms with E-state index in [0.29, 0.717) is 19.1 Å². The first kappa shape index (κ1) is 14.7. The van der Waals surface area contributed by atoms with Crippen molar-refractivity contribution in [3.05, 3.63) is 24.3 Å². The van der Waals surface area contributed by atoms with E-state index in [1.54, 1.807) is 12.1 Å². The summed E-state index contributed by atoms with van der Waals surface area (Å²) in [6.07, 6.45) is 0. The lowest BCUT2D eigenvalue weighted by molar-refractivity contribution is -0.0498. The molecule has 1 N–H and O–H groups in total. The molecule has 1 aromatic rings. The quantitative estimate of drug-likeness (QED) is 0.726. The highest BCUT2D eigenvalue weighted by Crippen LogP contribution is 2.17. The van der Waals surface area contributed by atoms with E-state index in [-0.39, 0.29) is 5.75 Å². The Morgan fingerprint density at radius 2 is 1.83 bits per heavy atom. The number of hydrogen-bond donors (Lipinski definition) is 1. The predicted molar refractivity (Wildman–Crippen MR) is 67.2 cm³/mol. The van der Waals surface area contributed by atoms with Crippen LogP contribution in [0.2, 0.25) is 0 Å². The lowest BCUT2D eigenvalue weighted by Gasteiger charge is -2.09. The standard InChI is InChI=1S/C13H19F2NO2/c1-10(2)9-17-8-7-16-11-3-5-12(6-4-11)18-13(14)15/h3-6,10,13,16H,7-9H2,1-2H3. The van der Waals surface area contributed by atoms with Crippen LogP contribution in [0, 0.1) is 5.92 Å². The summed E-state index contributed by atoms with van der Waals surface area (Å²) < 4.78 is 33.5. The van der Waals surface area contributed by atoms with Crippen molar-refractivity contribution < 1.29 is 18.3 Å². The van der Waals surface area contributed by atoms with Gasteiger partial charge in [-0.05, 0) is 30.2 Å². The highest BCUT2D eigenvalue weighted by atomic mass is 19.3. The van der Waals surface area contributed by atoms with Crippen molar-refractivity contribution in [3.8, 4) is 5.75 Å². The Balaban J connectivity index is 2.22. The molecular formula is C13H19F2NO2. The van der Waals surface area contributed by atoms with Crippen molar-refractivity contribution in [3.63, 3.8) is 0 Å². The smallest absolute Gasteiger partial charge is 0.387 e. The van der Waals surface area contributed by atoms with Crippen LogP contribution in [0.3, 0.4) is 0 Å². The summed E-state index contributed by atoms with van der Waals surface area (Å²) in [7, 11) is 0. The molecule has 0 spiro atoms. The summed E-state index contributed by atoms with van der Waals surface area (Å²) >= 11 is 0. The van der Waals surface area contributed by atoms with Crippen LogP contribution in [0.15, 0.2) is 24.3 Å². The van der Waals surface area contributed by atoms with E-state index in [1.165, 1.54) is 12.1 Å². The molecule has 0 aliphatic heterocycles. The summed E-state index contributed by atoms with van der Waals surface area (Å²) in [6.45, 7) is 3.44. The van der Waals surface area contributed by atoms with Crippen LogP contribution in [-0.2, 0) is 4.74 Å². The van der Waals surface area contributed by atoms with E-state index < -0.39 is 6.61 Å². The summed E-state index contributed by atoms with van der Waals surface area (Å²) in [6, 6.07) is 6.40. The number of alkyl halides is 2. The number of nitrogens with one attached hydrogen (secondary N) is 1. The minimum atomic E-state index is -2.78. The molecule has 0 unspecified atom stereocenters. The molecule has 1 rings (SSSR count). The molecule has 5 heteroatoms. The second-order valence-corrected chi connectivity index (χ2v) is 4.30. The average molecular weight is 259 g/mol. The van der Waals surface area contributed by atoms with Gasteiger partial charge in [0, 0.05) is 18.8 Å². The van der Waals surface area contributed by atoms with Gasteiger partial charge >= 0.3 is 6.61 Å². The molecule has 102 valence electrons. The zero-order valence-electron chi connectivity index (χ0n) is 10.7. The molecule has 0 saturated heterocycles. The molecule has 18 heavy (non-hydrogen) atoms. The van der Waals surface area contributed by atoms with E-state index in [2.05, 4.69) is 23.9 Å². The Bertz CT molecular complexity index is 328. The number of hydrogen-bond acceptors (Lipinski definition) is 3. The first-order valence-electron chi connectivity index (χ1n) is 5.94. The highest BCUT2D eigenvalue weighted by Gasteiger charge is 2.03. The highest BCUT2D eigenvalue weighted by molar-refractivity contribution is 5.46. The molecule has 0 atom stereocenters. The number of benzene rings is 1. The normalized spacial score (nSPS) is 11.0. The van der Waals surface area contributed by atoms with E-state index >= 15 is 0 Å². The lowest BCUT2D eigenvalue weighted by atomic mass is 10.2. The van der Waals surface area contributed by atoms with Crippen LogP contribution in [0.1, 0.15) is 13.8 Å². The molecule has 0 aliphatic carbocycles.